The molecule has 1 N–H and O–H groups in total. The number of thiocarbonyl (C=S) groups is 1. The number of anilines is 1. The lowest BCUT2D eigenvalue weighted by molar-refractivity contribution is 0.101. The van der Waals surface area contributed by atoms with Crippen LogP contribution in [0.3, 0.4) is 0 Å². The summed E-state index contributed by atoms with van der Waals surface area (Å²) >= 11 is 5.53. The van der Waals surface area contributed by atoms with Crippen molar-refractivity contribution in [2.45, 2.75) is 34.6 Å². The van der Waals surface area contributed by atoms with Gasteiger partial charge < -0.3 is 10.2 Å². The highest BCUT2D eigenvalue weighted by Crippen LogP contribution is 2.13. The Balaban J connectivity index is 2.80. The Morgan fingerprint density at radius 2 is 1.76 bits per heavy atom. The number of carbonyl (C=O) groups excluding carboxylic acids is 1. The molecular weight excluding hydrogens is 280 g/mol. The van der Waals surface area contributed by atoms with E-state index in [9.17, 15) is 4.79 Å². The van der Waals surface area contributed by atoms with Gasteiger partial charge in [-0.05, 0) is 43.1 Å². The first-order valence-electron chi connectivity index (χ1n) is 7.46. The molecule has 1 aromatic carbocycles. The normalized spacial score (nSPS) is 10.8. The Bertz CT molecular complexity index is 487. The van der Waals surface area contributed by atoms with Gasteiger partial charge in [-0.1, -0.05) is 39.8 Å². The molecule has 116 valence electrons. The number of hydrogen-bond acceptors (Lipinski definition) is 2. The van der Waals surface area contributed by atoms with Crippen molar-refractivity contribution in [2.24, 2.45) is 11.8 Å². The van der Waals surface area contributed by atoms with E-state index in [-0.39, 0.29) is 5.78 Å². The fourth-order valence-electron chi connectivity index (χ4n) is 2.14. The zero-order valence-electron chi connectivity index (χ0n) is 13.6. The highest BCUT2D eigenvalue weighted by atomic mass is 32.1. The molecule has 0 bridgehead atoms. The first-order chi connectivity index (χ1) is 9.79. The third-order valence-corrected chi connectivity index (χ3v) is 3.34. The number of ketones is 1. The van der Waals surface area contributed by atoms with Gasteiger partial charge >= 0.3 is 0 Å². The summed E-state index contributed by atoms with van der Waals surface area (Å²) < 4.78 is 0. The van der Waals surface area contributed by atoms with Crippen molar-refractivity contribution in [1.82, 2.24) is 4.90 Å². The van der Waals surface area contributed by atoms with E-state index >= 15 is 0 Å². The second-order valence-corrected chi connectivity index (χ2v) is 6.65. The predicted molar refractivity (Wildman–Crippen MR) is 93.9 cm³/mol. The van der Waals surface area contributed by atoms with E-state index in [1.54, 1.807) is 6.92 Å². The number of Topliss-reactive ketones (excluding diaryl/α,β-unsaturated/α-hetero) is 1. The summed E-state index contributed by atoms with van der Waals surface area (Å²) in [7, 11) is 0. The summed E-state index contributed by atoms with van der Waals surface area (Å²) in [4.78, 5) is 13.6. The summed E-state index contributed by atoms with van der Waals surface area (Å²) in [6, 6.07) is 7.46. The third kappa shape index (κ3) is 6.25. The first kappa shape index (κ1) is 17.6. The molecule has 0 unspecified atom stereocenters. The van der Waals surface area contributed by atoms with Crippen LogP contribution in [0.15, 0.2) is 24.3 Å². The zero-order valence-corrected chi connectivity index (χ0v) is 14.5. The van der Waals surface area contributed by atoms with Crippen molar-refractivity contribution in [3.63, 3.8) is 0 Å². The number of benzene rings is 1. The fraction of sp³-hybridized carbons (Fsp3) is 0.529. The number of hydrogen-bond donors (Lipinski definition) is 1. The van der Waals surface area contributed by atoms with E-state index in [0.29, 0.717) is 17.4 Å². The largest absolute Gasteiger partial charge is 0.349 e. The van der Waals surface area contributed by atoms with Gasteiger partial charge in [0.15, 0.2) is 10.9 Å². The lowest BCUT2D eigenvalue weighted by Crippen LogP contribution is -2.39. The summed E-state index contributed by atoms with van der Waals surface area (Å²) in [5, 5.41) is 3.97. The Morgan fingerprint density at radius 1 is 1.19 bits per heavy atom. The van der Waals surface area contributed by atoms with Gasteiger partial charge in [-0.25, -0.2) is 0 Å². The van der Waals surface area contributed by atoms with Crippen LogP contribution in [-0.4, -0.2) is 28.9 Å². The van der Waals surface area contributed by atoms with Gasteiger partial charge in [0.05, 0.1) is 0 Å². The highest BCUT2D eigenvalue weighted by molar-refractivity contribution is 7.80. The molecule has 0 atom stereocenters. The molecule has 0 heterocycles. The minimum Gasteiger partial charge on any atom is -0.349 e. The molecule has 4 heteroatoms. The van der Waals surface area contributed by atoms with Gasteiger partial charge in [0.2, 0.25) is 0 Å². The minimum atomic E-state index is 0.0609. The molecule has 0 fully saturated rings. The molecule has 0 aromatic heterocycles. The van der Waals surface area contributed by atoms with Crippen LogP contribution in [0.25, 0.3) is 0 Å². The molecule has 1 aromatic rings. The van der Waals surface area contributed by atoms with Gasteiger partial charge in [-0.2, -0.15) is 0 Å². The van der Waals surface area contributed by atoms with Crippen molar-refractivity contribution >= 4 is 28.8 Å². The van der Waals surface area contributed by atoms with Crippen LogP contribution in [0.1, 0.15) is 45.0 Å². The first-order valence-corrected chi connectivity index (χ1v) is 7.87. The molecule has 0 saturated heterocycles. The van der Waals surface area contributed by atoms with Crippen molar-refractivity contribution in [3.05, 3.63) is 29.8 Å². The summed E-state index contributed by atoms with van der Waals surface area (Å²) in [6.45, 7) is 12.2. The van der Waals surface area contributed by atoms with Crippen LogP contribution in [0.5, 0.6) is 0 Å². The van der Waals surface area contributed by atoms with E-state index in [1.807, 2.05) is 24.3 Å². The van der Waals surface area contributed by atoms with Crippen molar-refractivity contribution in [3.8, 4) is 0 Å². The summed E-state index contributed by atoms with van der Waals surface area (Å²) in [6.07, 6.45) is 0. The molecule has 0 saturated carbocycles. The fourth-order valence-corrected chi connectivity index (χ4v) is 2.41. The SMILES string of the molecule is CC(=O)c1cccc(NC(=S)N(CC(C)C)CC(C)C)c1. The number of nitrogens with zero attached hydrogens (tertiary/aromatic N) is 1. The Morgan fingerprint density at radius 3 is 2.24 bits per heavy atom. The average Bonchev–Trinajstić information content (AvgIpc) is 2.37. The van der Waals surface area contributed by atoms with Gasteiger partial charge in [-0.15, -0.1) is 0 Å². The maximum atomic E-state index is 11.4. The number of nitrogens with one attached hydrogen (secondary N) is 1. The van der Waals surface area contributed by atoms with E-state index in [1.165, 1.54) is 0 Å². The lowest BCUT2D eigenvalue weighted by atomic mass is 10.1. The number of carbonyl (C=O) groups is 1. The van der Waals surface area contributed by atoms with Gasteiger partial charge in [0, 0.05) is 24.3 Å². The Hall–Kier alpha value is -1.42. The number of rotatable bonds is 6. The third-order valence-electron chi connectivity index (χ3n) is 2.98. The monoisotopic (exact) mass is 306 g/mol. The second kappa shape index (κ2) is 8.13. The van der Waals surface area contributed by atoms with E-state index in [4.69, 9.17) is 12.2 Å². The van der Waals surface area contributed by atoms with Crippen LogP contribution >= 0.6 is 12.2 Å². The summed E-state index contributed by atoms with van der Waals surface area (Å²) in [5.74, 6) is 1.16. The predicted octanol–water partition coefficient (Wildman–Crippen LogP) is 4.20. The van der Waals surface area contributed by atoms with Crippen LogP contribution in [0, 0.1) is 11.8 Å². The summed E-state index contributed by atoms with van der Waals surface area (Å²) in [5.41, 5.74) is 1.56. The molecule has 3 nitrogen and oxygen atoms in total. The zero-order chi connectivity index (χ0) is 16.0. The van der Waals surface area contributed by atoms with Crippen LogP contribution < -0.4 is 5.32 Å². The molecule has 0 spiro atoms. The standard InChI is InChI=1S/C17H26N2OS/c1-12(2)10-19(11-13(3)4)17(21)18-16-8-6-7-15(9-16)14(5)20/h6-9,12-13H,10-11H2,1-5H3,(H,18,21). The quantitative estimate of drug-likeness (QED) is 0.630. The van der Waals surface area contributed by atoms with Crippen LogP contribution in [-0.2, 0) is 0 Å². The maximum absolute atomic E-state index is 11.4. The minimum absolute atomic E-state index is 0.0609. The van der Waals surface area contributed by atoms with E-state index < -0.39 is 0 Å². The van der Waals surface area contributed by atoms with E-state index in [0.717, 1.165) is 23.9 Å². The van der Waals surface area contributed by atoms with Gasteiger partial charge in [0.25, 0.3) is 0 Å². The van der Waals surface area contributed by atoms with E-state index in [2.05, 4.69) is 37.9 Å². The molecule has 0 amide bonds. The Labute approximate surface area is 133 Å². The molecular formula is C17H26N2OS. The Kier molecular flexibility index (Phi) is 6.82. The van der Waals surface area contributed by atoms with Crippen LogP contribution in [0.2, 0.25) is 0 Å². The average molecular weight is 306 g/mol. The lowest BCUT2D eigenvalue weighted by Gasteiger charge is -2.29. The topological polar surface area (TPSA) is 32.3 Å². The van der Waals surface area contributed by atoms with Crippen molar-refractivity contribution in [2.75, 3.05) is 18.4 Å². The van der Waals surface area contributed by atoms with Crippen LogP contribution in [0.4, 0.5) is 5.69 Å². The highest BCUT2D eigenvalue weighted by Gasteiger charge is 2.13. The smallest absolute Gasteiger partial charge is 0.173 e. The molecule has 0 aliphatic carbocycles. The molecule has 21 heavy (non-hydrogen) atoms. The van der Waals surface area contributed by atoms with Gasteiger partial charge in [0.1, 0.15) is 0 Å². The molecule has 0 aliphatic heterocycles. The van der Waals surface area contributed by atoms with Crippen molar-refractivity contribution in [1.29, 1.82) is 0 Å². The molecule has 0 aliphatic rings. The molecule has 0 radical (unpaired) electrons. The molecule has 1 rings (SSSR count). The second-order valence-electron chi connectivity index (χ2n) is 6.26. The maximum Gasteiger partial charge on any atom is 0.173 e. The van der Waals surface area contributed by atoms with Crippen molar-refractivity contribution < 1.29 is 4.79 Å². The van der Waals surface area contributed by atoms with Gasteiger partial charge in [-0.3, -0.25) is 4.79 Å².